The average Bonchev–Trinajstić information content (AvgIpc) is 3.46. The molecular formula is C20H19N5O4S. The molecule has 30 heavy (non-hydrogen) atoms. The molecule has 10 heteroatoms. The summed E-state index contributed by atoms with van der Waals surface area (Å²) in [5.41, 5.74) is 9.14. The Bertz CT molecular complexity index is 1190. The van der Waals surface area contributed by atoms with Gasteiger partial charge in [-0.15, -0.1) is 11.3 Å². The van der Waals surface area contributed by atoms with E-state index < -0.39 is 31.1 Å². The number of nitrogens with two attached hydrogens (primary N) is 1. The molecule has 4 aromatic rings. The van der Waals surface area contributed by atoms with Crippen LogP contribution < -0.4 is 5.73 Å². The molecule has 154 valence electrons. The lowest BCUT2D eigenvalue weighted by molar-refractivity contribution is -0.0508. The fourth-order valence-electron chi connectivity index (χ4n) is 3.71. The summed E-state index contributed by atoms with van der Waals surface area (Å²) in [6.45, 7) is -0.412. The van der Waals surface area contributed by atoms with Crippen molar-refractivity contribution in [3.8, 4) is 21.8 Å². The van der Waals surface area contributed by atoms with Gasteiger partial charge in [-0.1, -0.05) is 30.3 Å². The van der Waals surface area contributed by atoms with Crippen LogP contribution in [0.2, 0.25) is 0 Å². The van der Waals surface area contributed by atoms with Crippen molar-refractivity contribution in [1.82, 2.24) is 19.5 Å². The predicted octanol–water partition coefficient (Wildman–Crippen LogP) is 1.42. The fourth-order valence-corrected chi connectivity index (χ4v) is 4.56. The minimum Gasteiger partial charge on any atom is -0.394 e. The number of rotatable bonds is 4. The zero-order chi connectivity index (χ0) is 20.8. The van der Waals surface area contributed by atoms with Gasteiger partial charge in [0.25, 0.3) is 0 Å². The molecule has 1 aromatic carbocycles. The highest BCUT2D eigenvalue weighted by molar-refractivity contribution is 7.13. The van der Waals surface area contributed by atoms with E-state index in [2.05, 4.69) is 9.97 Å². The molecule has 0 radical (unpaired) electrons. The number of nitrogens with zero attached hydrogens (tertiary/aromatic N) is 4. The third-order valence-electron chi connectivity index (χ3n) is 5.23. The Kier molecular flexibility index (Phi) is 4.72. The first-order valence-corrected chi connectivity index (χ1v) is 10.2. The summed E-state index contributed by atoms with van der Waals surface area (Å²) in [6, 6.07) is 9.82. The van der Waals surface area contributed by atoms with Gasteiger partial charge in [0.1, 0.15) is 41.1 Å². The number of hydrogen-bond acceptors (Lipinski definition) is 9. The quantitative estimate of drug-likeness (QED) is 0.385. The van der Waals surface area contributed by atoms with Crippen molar-refractivity contribution in [1.29, 1.82) is 0 Å². The van der Waals surface area contributed by atoms with Crippen LogP contribution in [0.5, 0.6) is 0 Å². The average molecular weight is 425 g/mol. The first-order valence-electron chi connectivity index (χ1n) is 9.33. The largest absolute Gasteiger partial charge is 0.394 e. The molecule has 5 rings (SSSR count). The Morgan fingerprint density at radius 1 is 1.13 bits per heavy atom. The number of aliphatic hydroxyl groups is 3. The van der Waals surface area contributed by atoms with Crippen molar-refractivity contribution in [2.45, 2.75) is 24.5 Å². The lowest BCUT2D eigenvalue weighted by Gasteiger charge is -2.17. The highest BCUT2D eigenvalue weighted by Gasteiger charge is 2.44. The van der Waals surface area contributed by atoms with Crippen molar-refractivity contribution >= 4 is 28.2 Å². The highest BCUT2D eigenvalue weighted by Crippen LogP contribution is 2.40. The molecule has 0 amide bonds. The van der Waals surface area contributed by atoms with Crippen LogP contribution in [-0.2, 0) is 4.74 Å². The number of anilines is 1. The summed E-state index contributed by atoms with van der Waals surface area (Å²) in [5, 5.41) is 33.3. The Morgan fingerprint density at radius 2 is 1.93 bits per heavy atom. The van der Waals surface area contributed by atoms with Crippen molar-refractivity contribution < 1.29 is 20.1 Å². The SMILES string of the molecule is Nc1ncnc2c1c(-c1nc(-c3ccccc3)cs1)cn2[C@@H]1O[C@H](CO)[C@@H](O)[C@H]1O. The van der Waals surface area contributed by atoms with Gasteiger partial charge >= 0.3 is 0 Å². The lowest BCUT2D eigenvalue weighted by Crippen LogP contribution is -2.33. The van der Waals surface area contributed by atoms with E-state index in [0.29, 0.717) is 21.6 Å². The molecular weight excluding hydrogens is 406 g/mol. The highest BCUT2D eigenvalue weighted by atomic mass is 32.1. The van der Waals surface area contributed by atoms with Crippen LogP contribution in [-0.4, -0.2) is 59.8 Å². The zero-order valence-electron chi connectivity index (χ0n) is 15.7. The van der Waals surface area contributed by atoms with Crippen molar-refractivity contribution in [2.75, 3.05) is 12.3 Å². The van der Waals surface area contributed by atoms with E-state index in [-0.39, 0.29) is 5.82 Å². The van der Waals surface area contributed by atoms with E-state index in [4.69, 9.17) is 15.5 Å². The number of fused-ring (bicyclic) bond motifs is 1. The summed E-state index contributed by atoms with van der Waals surface area (Å²) < 4.78 is 7.29. The maximum atomic E-state index is 10.5. The Hall–Kier alpha value is -2.89. The number of thiazole rings is 1. The number of nitrogen functional groups attached to an aromatic ring is 1. The molecule has 5 N–H and O–H groups in total. The van der Waals surface area contributed by atoms with E-state index in [1.54, 1.807) is 10.8 Å². The smallest absolute Gasteiger partial charge is 0.164 e. The van der Waals surface area contributed by atoms with E-state index in [9.17, 15) is 15.3 Å². The van der Waals surface area contributed by atoms with Crippen molar-refractivity contribution in [2.24, 2.45) is 0 Å². The predicted molar refractivity (Wildman–Crippen MR) is 111 cm³/mol. The van der Waals surface area contributed by atoms with Gasteiger partial charge in [-0.05, 0) is 0 Å². The number of aromatic nitrogens is 4. The summed E-state index contributed by atoms with van der Waals surface area (Å²) in [7, 11) is 0. The van der Waals surface area contributed by atoms with Gasteiger partial charge in [0.05, 0.1) is 17.7 Å². The second-order valence-electron chi connectivity index (χ2n) is 7.04. The van der Waals surface area contributed by atoms with Crippen LogP contribution in [0.3, 0.4) is 0 Å². The molecule has 1 aliphatic heterocycles. The molecule has 0 spiro atoms. The van der Waals surface area contributed by atoms with Gasteiger partial charge in [-0.2, -0.15) is 0 Å². The van der Waals surface area contributed by atoms with Crippen LogP contribution in [0.1, 0.15) is 6.23 Å². The number of hydrogen-bond donors (Lipinski definition) is 4. The molecule has 1 aliphatic rings. The van der Waals surface area contributed by atoms with Crippen LogP contribution >= 0.6 is 11.3 Å². The van der Waals surface area contributed by atoms with Crippen LogP contribution in [0.4, 0.5) is 5.82 Å². The molecule has 0 bridgehead atoms. The molecule has 4 atom stereocenters. The van der Waals surface area contributed by atoms with Gasteiger partial charge in [0.2, 0.25) is 0 Å². The molecule has 1 saturated heterocycles. The number of ether oxygens (including phenoxy) is 1. The Morgan fingerprint density at radius 3 is 2.67 bits per heavy atom. The molecule has 1 fully saturated rings. The molecule has 0 unspecified atom stereocenters. The molecule has 9 nitrogen and oxygen atoms in total. The van der Waals surface area contributed by atoms with Crippen LogP contribution in [0.25, 0.3) is 32.9 Å². The lowest BCUT2D eigenvalue weighted by atomic mass is 10.1. The van der Waals surface area contributed by atoms with Crippen LogP contribution in [0, 0.1) is 0 Å². The van der Waals surface area contributed by atoms with Gasteiger partial charge in [-0.25, -0.2) is 15.0 Å². The summed E-state index contributed by atoms with van der Waals surface area (Å²) in [4.78, 5) is 13.2. The summed E-state index contributed by atoms with van der Waals surface area (Å²) >= 11 is 1.46. The number of aliphatic hydroxyl groups excluding tert-OH is 3. The van der Waals surface area contributed by atoms with Gasteiger partial charge < -0.3 is 30.4 Å². The second-order valence-corrected chi connectivity index (χ2v) is 7.90. The Balaban J connectivity index is 1.63. The summed E-state index contributed by atoms with van der Waals surface area (Å²) in [5.74, 6) is 0.275. The maximum absolute atomic E-state index is 10.5. The van der Waals surface area contributed by atoms with E-state index in [1.807, 2.05) is 35.7 Å². The summed E-state index contributed by atoms with van der Waals surface area (Å²) in [6.07, 6.45) is -1.21. The maximum Gasteiger partial charge on any atom is 0.164 e. The number of benzene rings is 1. The normalized spacial score (nSPS) is 24.0. The molecule has 0 aliphatic carbocycles. The van der Waals surface area contributed by atoms with E-state index in [1.165, 1.54) is 17.7 Å². The van der Waals surface area contributed by atoms with Crippen molar-refractivity contribution in [3.63, 3.8) is 0 Å². The van der Waals surface area contributed by atoms with Gasteiger partial charge in [0.15, 0.2) is 6.23 Å². The third-order valence-corrected chi connectivity index (χ3v) is 6.11. The van der Waals surface area contributed by atoms with E-state index >= 15 is 0 Å². The first kappa shape index (κ1) is 19.1. The molecule has 0 saturated carbocycles. The zero-order valence-corrected chi connectivity index (χ0v) is 16.5. The third kappa shape index (κ3) is 2.97. The van der Waals surface area contributed by atoms with Gasteiger partial charge in [0, 0.05) is 22.7 Å². The molecule has 3 aromatic heterocycles. The van der Waals surface area contributed by atoms with E-state index in [0.717, 1.165) is 11.3 Å². The van der Waals surface area contributed by atoms with Gasteiger partial charge in [-0.3, -0.25) is 0 Å². The second kappa shape index (κ2) is 7.42. The van der Waals surface area contributed by atoms with Crippen molar-refractivity contribution in [3.05, 3.63) is 48.2 Å². The first-order chi connectivity index (χ1) is 14.6. The Labute approximate surface area is 175 Å². The molecule has 4 heterocycles. The minimum atomic E-state index is -1.24. The fraction of sp³-hybridized carbons (Fsp3) is 0.250. The minimum absolute atomic E-state index is 0.275. The standard InChI is InChI=1S/C20H19N5O4S/c21-17-14-11(19-24-12(8-30-19)10-4-2-1-3-5-10)6-25(18(14)23-9-22-17)20-16(28)15(27)13(7-26)29-20/h1-6,8-9,13,15-16,20,26-28H,7H2,(H2,21,22,23)/t13-,15-,16-,20-/m1/s1. The topological polar surface area (TPSA) is 140 Å². The monoisotopic (exact) mass is 425 g/mol. The van der Waals surface area contributed by atoms with Crippen LogP contribution in [0.15, 0.2) is 48.2 Å².